The van der Waals surface area contributed by atoms with Crippen molar-refractivity contribution in [3.05, 3.63) is 42.0 Å². The molecule has 4 N–H and O–H groups in total. The maximum absolute atomic E-state index is 12.6. The zero-order chi connectivity index (χ0) is 16.4. The molecule has 0 aliphatic heterocycles. The van der Waals surface area contributed by atoms with E-state index in [4.69, 9.17) is 5.73 Å². The van der Waals surface area contributed by atoms with Crippen LogP contribution in [0, 0.1) is 5.92 Å². The molecule has 23 heavy (non-hydrogen) atoms. The van der Waals surface area contributed by atoms with E-state index in [1.165, 1.54) is 0 Å². The van der Waals surface area contributed by atoms with Gasteiger partial charge in [-0.3, -0.25) is 9.59 Å². The summed E-state index contributed by atoms with van der Waals surface area (Å²) in [5.41, 5.74) is 6.82. The lowest BCUT2D eigenvalue weighted by molar-refractivity contribution is -0.143. The van der Waals surface area contributed by atoms with E-state index in [-0.39, 0.29) is 11.9 Å². The molecular formula is C18H20N2O3. The average Bonchev–Trinajstić information content (AvgIpc) is 2.54. The largest absolute Gasteiger partial charge is 0.481 e. The third-order valence-corrected chi connectivity index (χ3v) is 4.56. The number of nitrogens with one attached hydrogen (secondary N) is 1. The van der Waals surface area contributed by atoms with Crippen LogP contribution in [0.25, 0.3) is 10.8 Å². The maximum Gasteiger partial charge on any atom is 0.308 e. The van der Waals surface area contributed by atoms with Crippen LogP contribution in [-0.4, -0.2) is 23.0 Å². The van der Waals surface area contributed by atoms with Gasteiger partial charge in [0.05, 0.1) is 11.5 Å². The third-order valence-electron chi connectivity index (χ3n) is 4.56. The molecule has 2 unspecified atom stereocenters. The van der Waals surface area contributed by atoms with E-state index in [2.05, 4.69) is 5.32 Å². The lowest BCUT2D eigenvalue weighted by atomic mass is 9.84. The van der Waals surface area contributed by atoms with Crippen LogP contribution in [0.4, 0.5) is 5.69 Å². The summed E-state index contributed by atoms with van der Waals surface area (Å²) in [6.45, 7) is 0. The molecule has 0 spiro atoms. The van der Waals surface area contributed by atoms with E-state index < -0.39 is 11.9 Å². The SMILES string of the molecule is Nc1cc2ccccc2cc1C(=O)NC1CCCCC1C(=O)O. The highest BCUT2D eigenvalue weighted by molar-refractivity contribution is 6.04. The first-order valence-electron chi connectivity index (χ1n) is 7.88. The van der Waals surface area contributed by atoms with Crippen molar-refractivity contribution in [2.45, 2.75) is 31.7 Å². The zero-order valence-electron chi connectivity index (χ0n) is 12.8. The number of carbonyl (C=O) groups is 2. The van der Waals surface area contributed by atoms with Gasteiger partial charge >= 0.3 is 5.97 Å². The molecule has 2 aromatic rings. The molecule has 0 heterocycles. The van der Waals surface area contributed by atoms with Crippen molar-refractivity contribution < 1.29 is 14.7 Å². The summed E-state index contributed by atoms with van der Waals surface area (Å²) in [5.74, 6) is -1.66. The van der Waals surface area contributed by atoms with Crippen molar-refractivity contribution in [1.82, 2.24) is 5.32 Å². The Kier molecular flexibility index (Phi) is 4.19. The zero-order valence-corrected chi connectivity index (χ0v) is 12.8. The minimum Gasteiger partial charge on any atom is -0.481 e. The van der Waals surface area contributed by atoms with Crippen LogP contribution in [0.15, 0.2) is 36.4 Å². The molecule has 1 saturated carbocycles. The maximum atomic E-state index is 12.6. The van der Waals surface area contributed by atoms with E-state index >= 15 is 0 Å². The number of anilines is 1. The number of benzene rings is 2. The highest BCUT2D eigenvalue weighted by Crippen LogP contribution is 2.26. The topological polar surface area (TPSA) is 92.4 Å². The fourth-order valence-corrected chi connectivity index (χ4v) is 3.30. The van der Waals surface area contributed by atoms with Crippen LogP contribution >= 0.6 is 0 Å². The normalized spacial score (nSPS) is 21.0. The summed E-state index contributed by atoms with van der Waals surface area (Å²) in [6.07, 6.45) is 3.12. The van der Waals surface area contributed by atoms with Gasteiger partial charge in [0.15, 0.2) is 0 Å². The molecular weight excluding hydrogens is 292 g/mol. The number of nitrogen functional groups attached to an aromatic ring is 1. The van der Waals surface area contributed by atoms with E-state index in [9.17, 15) is 14.7 Å². The number of hydrogen-bond acceptors (Lipinski definition) is 3. The molecule has 0 bridgehead atoms. The van der Waals surface area contributed by atoms with Gasteiger partial charge in [-0.15, -0.1) is 0 Å². The standard InChI is InChI=1S/C18H20N2O3/c19-15-10-12-6-2-1-5-11(12)9-14(15)17(21)20-16-8-4-3-7-13(16)18(22)23/h1-2,5-6,9-10,13,16H,3-4,7-8,19H2,(H,20,21)(H,22,23). The minimum absolute atomic E-state index is 0.300. The fraction of sp³-hybridized carbons (Fsp3) is 0.333. The van der Waals surface area contributed by atoms with Crippen molar-refractivity contribution in [2.75, 3.05) is 5.73 Å². The molecule has 1 aliphatic carbocycles. The summed E-state index contributed by atoms with van der Waals surface area (Å²) in [6, 6.07) is 10.9. The summed E-state index contributed by atoms with van der Waals surface area (Å²) < 4.78 is 0. The predicted octanol–water partition coefficient (Wildman–Crippen LogP) is 2.80. The molecule has 1 fully saturated rings. The number of amides is 1. The lowest BCUT2D eigenvalue weighted by Gasteiger charge is -2.29. The van der Waals surface area contributed by atoms with E-state index in [1.54, 1.807) is 12.1 Å². The van der Waals surface area contributed by atoms with Gasteiger partial charge in [-0.2, -0.15) is 0 Å². The molecule has 0 aromatic heterocycles. The van der Waals surface area contributed by atoms with Gasteiger partial charge in [-0.05, 0) is 35.7 Å². The second-order valence-corrected chi connectivity index (χ2v) is 6.10. The van der Waals surface area contributed by atoms with Crippen LogP contribution in [0.2, 0.25) is 0 Å². The average molecular weight is 312 g/mol. The van der Waals surface area contributed by atoms with Gasteiger partial charge in [-0.25, -0.2) is 0 Å². The smallest absolute Gasteiger partial charge is 0.308 e. The van der Waals surface area contributed by atoms with E-state index in [0.29, 0.717) is 24.1 Å². The Morgan fingerprint density at radius 2 is 1.74 bits per heavy atom. The fourth-order valence-electron chi connectivity index (χ4n) is 3.30. The Morgan fingerprint density at radius 1 is 1.09 bits per heavy atom. The van der Waals surface area contributed by atoms with Crippen molar-refractivity contribution >= 4 is 28.3 Å². The third kappa shape index (κ3) is 3.13. The number of aliphatic carboxylic acids is 1. The molecule has 3 rings (SSSR count). The van der Waals surface area contributed by atoms with Gasteiger partial charge in [-0.1, -0.05) is 37.1 Å². The van der Waals surface area contributed by atoms with Crippen LogP contribution < -0.4 is 11.1 Å². The molecule has 2 atom stereocenters. The molecule has 0 saturated heterocycles. The molecule has 5 heteroatoms. The van der Waals surface area contributed by atoms with Gasteiger partial charge in [0.2, 0.25) is 0 Å². The van der Waals surface area contributed by atoms with Crippen molar-refractivity contribution in [1.29, 1.82) is 0 Å². The predicted molar refractivity (Wildman–Crippen MR) is 89.2 cm³/mol. The van der Waals surface area contributed by atoms with Gasteiger partial charge < -0.3 is 16.2 Å². The number of fused-ring (bicyclic) bond motifs is 1. The van der Waals surface area contributed by atoms with Crippen molar-refractivity contribution in [3.63, 3.8) is 0 Å². The van der Waals surface area contributed by atoms with Gasteiger partial charge in [0, 0.05) is 11.7 Å². The Bertz CT molecular complexity index is 757. The molecule has 120 valence electrons. The first-order valence-corrected chi connectivity index (χ1v) is 7.88. The van der Waals surface area contributed by atoms with Crippen molar-refractivity contribution in [2.24, 2.45) is 5.92 Å². The van der Waals surface area contributed by atoms with Crippen LogP contribution in [0.5, 0.6) is 0 Å². The highest BCUT2D eigenvalue weighted by Gasteiger charge is 2.32. The number of carboxylic acid groups (broad SMARTS) is 1. The van der Waals surface area contributed by atoms with Crippen LogP contribution in [0.1, 0.15) is 36.0 Å². The molecule has 0 radical (unpaired) electrons. The second-order valence-electron chi connectivity index (χ2n) is 6.10. The van der Waals surface area contributed by atoms with Crippen molar-refractivity contribution in [3.8, 4) is 0 Å². The Balaban J connectivity index is 1.85. The Hall–Kier alpha value is -2.56. The van der Waals surface area contributed by atoms with Crippen LogP contribution in [-0.2, 0) is 4.79 Å². The summed E-state index contributed by atoms with van der Waals surface area (Å²) in [4.78, 5) is 23.9. The first kappa shape index (κ1) is 15.3. The minimum atomic E-state index is -0.846. The summed E-state index contributed by atoms with van der Waals surface area (Å²) >= 11 is 0. The number of carboxylic acids is 1. The quantitative estimate of drug-likeness (QED) is 0.760. The Labute approximate surface area is 134 Å². The molecule has 1 aliphatic rings. The van der Waals surface area contributed by atoms with Crippen LogP contribution in [0.3, 0.4) is 0 Å². The molecule has 2 aromatic carbocycles. The Morgan fingerprint density at radius 3 is 2.43 bits per heavy atom. The number of carbonyl (C=O) groups excluding carboxylic acids is 1. The van der Waals surface area contributed by atoms with E-state index in [1.807, 2.05) is 24.3 Å². The molecule has 5 nitrogen and oxygen atoms in total. The molecule has 1 amide bonds. The first-order chi connectivity index (χ1) is 11.1. The summed E-state index contributed by atoms with van der Waals surface area (Å²) in [5, 5.41) is 14.1. The monoisotopic (exact) mass is 312 g/mol. The van der Waals surface area contributed by atoms with Gasteiger partial charge in [0.25, 0.3) is 5.91 Å². The second kappa shape index (κ2) is 6.28. The van der Waals surface area contributed by atoms with Gasteiger partial charge in [0.1, 0.15) is 0 Å². The summed E-state index contributed by atoms with van der Waals surface area (Å²) in [7, 11) is 0. The number of rotatable bonds is 3. The lowest BCUT2D eigenvalue weighted by Crippen LogP contribution is -2.45. The van der Waals surface area contributed by atoms with E-state index in [0.717, 1.165) is 23.6 Å². The number of hydrogen-bond donors (Lipinski definition) is 3. The number of nitrogens with two attached hydrogens (primary N) is 1. The highest BCUT2D eigenvalue weighted by atomic mass is 16.4.